The largest absolute Gasteiger partial charge is 0.397 e. The fourth-order valence-electron chi connectivity index (χ4n) is 2.76. The molecule has 2 unspecified atom stereocenters. The highest BCUT2D eigenvalue weighted by atomic mass is 32.1. The normalized spacial score (nSPS) is 21.1. The summed E-state index contributed by atoms with van der Waals surface area (Å²) < 4.78 is 1.04. The van der Waals surface area contributed by atoms with Crippen LogP contribution in [0.5, 0.6) is 0 Å². The lowest BCUT2D eigenvalue weighted by Crippen LogP contribution is -2.26. The van der Waals surface area contributed by atoms with E-state index in [2.05, 4.69) is 17.2 Å². The van der Waals surface area contributed by atoms with E-state index < -0.39 is 0 Å². The molecule has 2 aromatic rings. The number of nitrogens with two attached hydrogens (primary N) is 1. The summed E-state index contributed by atoms with van der Waals surface area (Å²) in [7, 11) is 0. The van der Waals surface area contributed by atoms with Gasteiger partial charge in [0.25, 0.3) is 5.91 Å². The molecule has 1 amide bonds. The van der Waals surface area contributed by atoms with Gasteiger partial charge in [-0.2, -0.15) is 0 Å². The van der Waals surface area contributed by atoms with Crippen LogP contribution in [0.1, 0.15) is 40.8 Å². The molecule has 5 heteroatoms. The van der Waals surface area contributed by atoms with Gasteiger partial charge in [0, 0.05) is 27.5 Å². The van der Waals surface area contributed by atoms with Crippen LogP contribution in [-0.2, 0) is 0 Å². The van der Waals surface area contributed by atoms with Crippen molar-refractivity contribution in [2.75, 3.05) is 5.73 Å². The van der Waals surface area contributed by atoms with Gasteiger partial charge < -0.3 is 11.1 Å². The van der Waals surface area contributed by atoms with Crippen molar-refractivity contribution in [3.05, 3.63) is 22.3 Å². The fraction of sp³-hybridized carbons (Fsp3) is 0.467. The Morgan fingerprint density at radius 3 is 2.95 bits per heavy atom. The maximum absolute atomic E-state index is 12.3. The number of nitrogens with one attached hydrogen (secondary N) is 1. The molecule has 0 aromatic carbocycles. The molecule has 0 bridgehead atoms. The first kappa shape index (κ1) is 13.4. The minimum absolute atomic E-state index is 0.0401. The Morgan fingerprint density at radius 1 is 1.55 bits per heavy atom. The average molecular weight is 289 g/mol. The predicted octanol–water partition coefficient (Wildman–Crippen LogP) is 3.02. The van der Waals surface area contributed by atoms with Gasteiger partial charge in [-0.1, -0.05) is 13.3 Å². The summed E-state index contributed by atoms with van der Waals surface area (Å²) in [5, 5.41) is 4.00. The molecule has 2 aromatic heterocycles. The number of fused-ring (bicyclic) bond motifs is 1. The van der Waals surface area contributed by atoms with Gasteiger partial charge >= 0.3 is 0 Å². The zero-order valence-corrected chi connectivity index (χ0v) is 12.8. The van der Waals surface area contributed by atoms with Gasteiger partial charge in [-0.3, -0.25) is 9.78 Å². The Morgan fingerprint density at radius 2 is 2.30 bits per heavy atom. The van der Waals surface area contributed by atoms with E-state index in [0.29, 0.717) is 22.5 Å². The third kappa shape index (κ3) is 2.16. The number of nitrogen functional groups attached to an aromatic ring is 1. The van der Waals surface area contributed by atoms with E-state index >= 15 is 0 Å². The molecule has 1 saturated carbocycles. The second kappa shape index (κ2) is 4.74. The number of anilines is 1. The van der Waals surface area contributed by atoms with Gasteiger partial charge in [0.05, 0.1) is 5.69 Å². The predicted molar refractivity (Wildman–Crippen MR) is 83.2 cm³/mol. The van der Waals surface area contributed by atoms with E-state index in [1.165, 1.54) is 11.3 Å². The SMILES string of the molecule is CCC1CC1NC(=O)c1sc2cc(C)nc(C)c2c1N. The first-order chi connectivity index (χ1) is 9.51. The van der Waals surface area contributed by atoms with Crippen LogP contribution in [0.2, 0.25) is 0 Å². The fourth-order valence-corrected chi connectivity index (χ4v) is 3.93. The van der Waals surface area contributed by atoms with Crippen LogP contribution in [0.4, 0.5) is 5.69 Å². The maximum atomic E-state index is 12.3. The molecule has 3 N–H and O–H groups in total. The van der Waals surface area contributed by atoms with Crippen LogP contribution in [0.25, 0.3) is 10.1 Å². The number of rotatable bonds is 3. The van der Waals surface area contributed by atoms with Crippen LogP contribution in [0.3, 0.4) is 0 Å². The van der Waals surface area contributed by atoms with E-state index in [1.807, 2.05) is 19.9 Å². The zero-order chi connectivity index (χ0) is 14.4. The van der Waals surface area contributed by atoms with E-state index in [9.17, 15) is 4.79 Å². The van der Waals surface area contributed by atoms with Crippen LogP contribution in [0.15, 0.2) is 6.07 Å². The van der Waals surface area contributed by atoms with Crippen molar-refractivity contribution in [2.24, 2.45) is 5.92 Å². The van der Waals surface area contributed by atoms with Gasteiger partial charge in [0.1, 0.15) is 4.88 Å². The average Bonchev–Trinajstić information content (AvgIpc) is 3.04. The second-order valence-electron chi connectivity index (χ2n) is 5.55. The number of carbonyl (C=O) groups excluding carboxylic acids is 1. The maximum Gasteiger partial charge on any atom is 0.263 e. The van der Waals surface area contributed by atoms with Crippen LogP contribution >= 0.6 is 11.3 Å². The van der Waals surface area contributed by atoms with Crippen molar-refractivity contribution in [3.63, 3.8) is 0 Å². The van der Waals surface area contributed by atoms with Crippen molar-refractivity contribution < 1.29 is 4.79 Å². The summed E-state index contributed by atoms with van der Waals surface area (Å²) in [6.07, 6.45) is 2.21. The first-order valence-corrected chi connectivity index (χ1v) is 7.80. The number of carbonyl (C=O) groups is 1. The minimum Gasteiger partial charge on any atom is -0.397 e. The Balaban J connectivity index is 1.94. The number of aromatic nitrogens is 1. The third-order valence-electron chi connectivity index (χ3n) is 3.99. The lowest BCUT2D eigenvalue weighted by Gasteiger charge is -2.03. The Bertz CT molecular complexity index is 692. The monoisotopic (exact) mass is 289 g/mol. The summed E-state index contributed by atoms with van der Waals surface area (Å²) in [4.78, 5) is 17.4. The van der Waals surface area contributed by atoms with Crippen molar-refractivity contribution in [2.45, 2.75) is 39.7 Å². The minimum atomic E-state index is -0.0401. The van der Waals surface area contributed by atoms with Crippen molar-refractivity contribution in [3.8, 4) is 0 Å². The molecule has 2 heterocycles. The highest BCUT2D eigenvalue weighted by Crippen LogP contribution is 2.37. The molecule has 0 radical (unpaired) electrons. The molecule has 106 valence electrons. The summed E-state index contributed by atoms with van der Waals surface area (Å²) in [6.45, 7) is 6.05. The molecule has 1 aliphatic carbocycles. The third-order valence-corrected chi connectivity index (χ3v) is 5.14. The smallest absolute Gasteiger partial charge is 0.263 e. The zero-order valence-electron chi connectivity index (χ0n) is 12.0. The highest BCUT2D eigenvalue weighted by Gasteiger charge is 2.37. The van der Waals surface area contributed by atoms with Gasteiger partial charge in [0.2, 0.25) is 0 Å². The Kier molecular flexibility index (Phi) is 3.17. The molecule has 4 nitrogen and oxygen atoms in total. The highest BCUT2D eigenvalue weighted by molar-refractivity contribution is 7.21. The van der Waals surface area contributed by atoms with E-state index in [-0.39, 0.29) is 5.91 Å². The standard InChI is InChI=1S/C15H19N3OS/c1-4-9-6-10(9)18-15(19)14-13(16)12-8(3)17-7(2)5-11(12)20-14/h5,9-10H,4,6,16H2,1-3H3,(H,18,19). The number of thiophene rings is 1. The van der Waals surface area contributed by atoms with Crippen molar-refractivity contribution in [1.82, 2.24) is 10.3 Å². The molecule has 0 spiro atoms. The van der Waals surface area contributed by atoms with Crippen LogP contribution in [0, 0.1) is 19.8 Å². The number of hydrogen-bond acceptors (Lipinski definition) is 4. The van der Waals surface area contributed by atoms with Gasteiger partial charge in [0.15, 0.2) is 0 Å². The molecule has 1 aliphatic rings. The van der Waals surface area contributed by atoms with Crippen LogP contribution in [-0.4, -0.2) is 16.9 Å². The molecule has 0 saturated heterocycles. The van der Waals surface area contributed by atoms with Gasteiger partial charge in [-0.15, -0.1) is 11.3 Å². The molecular weight excluding hydrogens is 270 g/mol. The number of amides is 1. The molecule has 2 atom stereocenters. The number of aryl methyl sites for hydroxylation is 2. The second-order valence-corrected chi connectivity index (χ2v) is 6.60. The first-order valence-electron chi connectivity index (χ1n) is 6.98. The summed E-state index contributed by atoms with van der Waals surface area (Å²) >= 11 is 1.46. The lowest BCUT2D eigenvalue weighted by molar-refractivity contribution is 0.0954. The van der Waals surface area contributed by atoms with E-state index in [4.69, 9.17) is 5.73 Å². The number of nitrogens with zero attached hydrogens (tertiary/aromatic N) is 1. The van der Waals surface area contributed by atoms with E-state index in [1.54, 1.807) is 0 Å². The summed E-state index contributed by atoms with van der Waals surface area (Å²) in [5.74, 6) is 0.599. The Hall–Kier alpha value is -1.62. The van der Waals surface area contributed by atoms with Crippen molar-refractivity contribution in [1.29, 1.82) is 0 Å². The van der Waals surface area contributed by atoms with Gasteiger partial charge in [-0.25, -0.2) is 0 Å². The van der Waals surface area contributed by atoms with Crippen LogP contribution < -0.4 is 11.1 Å². The summed E-state index contributed by atoms with van der Waals surface area (Å²) in [6, 6.07) is 2.32. The lowest BCUT2D eigenvalue weighted by atomic mass is 10.2. The molecule has 20 heavy (non-hydrogen) atoms. The Labute approximate surface area is 122 Å². The molecule has 1 fully saturated rings. The number of hydrogen-bond donors (Lipinski definition) is 2. The molecule has 0 aliphatic heterocycles. The van der Waals surface area contributed by atoms with Gasteiger partial charge in [-0.05, 0) is 32.3 Å². The summed E-state index contributed by atoms with van der Waals surface area (Å²) in [5.41, 5.74) is 8.58. The van der Waals surface area contributed by atoms with E-state index in [0.717, 1.165) is 34.3 Å². The topological polar surface area (TPSA) is 68.0 Å². The molecular formula is C15H19N3OS. The number of pyridine rings is 1. The molecule has 3 rings (SSSR count). The quantitative estimate of drug-likeness (QED) is 0.912. The van der Waals surface area contributed by atoms with Crippen molar-refractivity contribution >= 4 is 33.0 Å².